The SMILES string of the molecule is CCOc1ccc(NC(=O)C=C2Sc3ccccc3NC2=O)cc1. The Balaban J connectivity index is 1.69. The third-order valence-electron chi connectivity index (χ3n) is 3.27. The van der Waals surface area contributed by atoms with Gasteiger partial charge in [0.05, 0.1) is 17.2 Å². The summed E-state index contributed by atoms with van der Waals surface area (Å²) in [5.74, 6) is 0.115. The third kappa shape index (κ3) is 3.78. The van der Waals surface area contributed by atoms with Gasteiger partial charge in [-0.05, 0) is 43.3 Å². The monoisotopic (exact) mass is 340 g/mol. The Bertz CT molecular complexity index is 800. The van der Waals surface area contributed by atoms with E-state index in [4.69, 9.17) is 4.74 Å². The van der Waals surface area contributed by atoms with E-state index in [2.05, 4.69) is 10.6 Å². The minimum Gasteiger partial charge on any atom is -0.494 e. The van der Waals surface area contributed by atoms with E-state index in [-0.39, 0.29) is 11.8 Å². The van der Waals surface area contributed by atoms with Crippen LogP contribution in [0.3, 0.4) is 0 Å². The predicted octanol–water partition coefficient (Wildman–Crippen LogP) is 3.65. The van der Waals surface area contributed by atoms with E-state index in [1.165, 1.54) is 17.8 Å². The molecule has 0 aromatic heterocycles. The molecule has 2 aromatic rings. The van der Waals surface area contributed by atoms with Crippen LogP contribution in [0.5, 0.6) is 5.75 Å². The summed E-state index contributed by atoms with van der Waals surface area (Å²) in [6, 6.07) is 14.5. The third-order valence-corrected chi connectivity index (χ3v) is 4.37. The summed E-state index contributed by atoms with van der Waals surface area (Å²) in [6.07, 6.45) is 1.31. The van der Waals surface area contributed by atoms with Crippen LogP contribution in [0.25, 0.3) is 0 Å². The topological polar surface area (TPSA) is 67.4 Å². The van der Waals surface area contributed by atoms with Gasteiger partial charge in [-0.25, -0.2) is 0 Å². The van der Waals surface area contributed by atoms with Crippen LogP contribution in [0.4, 0.5) is 11.4 Å². The molecule has 0 fully saturated rings. The molecule has 0 aliphatic carbocycles. The lowest BCUT2D eigenvalue weighted by atomic mass is 10.3. The van der Waals surface area contributed by atoms with Gasteiger partial charge in [0.15, 0.2) is 0 Å². The second-order valence-corrected chi connectivity index (χ2v) is 6.09. The molecule has 5 nitrogen and oxygen atoms in total. The molecule has 2 N–H and O–H groups in total. The number of hydrogen-bond acceptors (Lipinski definition) is 4. The number of fused-ring (bicyclic) bond motifs is 1. The molecule has 1 aliphatic heterocycles. The normalized spacial score (nSPS) is 14.7. The minimum absolute atomic E-state index is 0.277. The number of thioether (sulfide) groups is 1. The molecule has 2 aromatic carbocycles. The highest BCUT2D eigenvalue weighted by Gasteiger charge is 2.21. The van der Waals surface area contributed by atoms with E-state index in [1.807, 2.05) is 31.2 Å². The van der Waals surface area contributed by atoms with Crippen molar-refractivity contribution in [2.75, 3.05) is 17.2 Å². The lowest BCUT2D eigenvalue weighted by Crippen LogP contribution is -2.19. The fraction of sp³-hybridized carbons (Fsp3) is 0.111. The molecule has 3 rings (SSSR count). The number of carbonyl (C=O) groups is 2. The number of anilines is 2. The highest BCUT2D eigenvalue weighted by Crippen LogP contribution is 2.37. The molecule has 0 bridgehead atoms. The molecule has 0 unspecified atom stereocenters. The van der Waals surface area contributed by atoms with Crippen molar-refractivity contribution in [3.05, 3.63) is 59.5 Å². The number of ether oxygens (including phenoxy) is 1. The number of carbonyl (C=O) groups excluding carboxylic acids is 2. The van der Waals surface area contributed by atoms with Gasteiger partial charge in [-0.15, -0.1) is 0 Å². The lowest BCUT2D eigenvalue weighted by Gasteiger charge is -2.18. The van der Waals surface area contributed by atoms with Gasteiger partial charge in [0.25, 0.3) is 5.91 Å². The molecule has 2 amide bonds. The number of amides is 2. The summed E-state index contributed by atoms with van der Waals surface area (Å²) in [5.41, 5.74) is 1.40. The summed E-state index contributed by atoms with van der Waals surface area (Å²) in [6.45, 7) is 2.50. The van der Waals surface area contributed by atoms with Gasteiger partial charge in [-0.2, -0.15) is 0 Å². The van der Waals surface area contributed by atoms with Crippen LogP contribution in [0.1, 0.15) is 6.92 Å². The molecule has 0 saturated heterocycles. The van der Waals surface area contributed by atoms with E-state index < -0.39 is 0 Å². The summed E-state index contributed by atoms with van der Waals surface area (Å²) in [5, 5.41) is 5.51. The van der Waals surface area contributed by atoms with E-state index in [0.29, 0.717) is 17.2 Å². The molecule has 0 atom stereocenters. The molecule has 24 heavy (non-hydrogen) atoms. The predicted molar refractivity (Wildman–Crippen MR) is 95.3 cm³/mol. The fourth-order valence-corrected chi connectivity index (χ4v) is 3.12. The van der Waals surface area contributed by atoms with Crippen LogP contribution < -0.4 is 15.4 Å². The van der Waals surface area contributed by atoms with Gasteiger partial charge in [0.2, 0.25) is 5.91 Å². The van der Waals surface area contributed by atoms with E-state index >= 15 is 0 Å². The standard InChI is InChI=1S/C18H16N2O3S/c1-2-23-13-9-7-12(8-10-13)19-17(21)11-16-18(22)20-14-5-3-4-6-15(14)24-16/h3-11H,2H2,1H3,(H,19,21)(H,20,22). The van der Waals surface area contributed by atoms with E-state index in [0.717, 1.165) is 16.3 Å². The van der Waals surface area contributed by atoms with Crippen molar-refractivity contribution in [2.45, 2.75) is 11.8 Å². The van der Waals surface area contributed by atoms with Gasteiger partial charge in [0.1, 0.15) is 5.75 Å². The van der Waals surface area contributed by atoms with Crippen molar-refractivity contribution < 1.29 is 14.3 Å². The second-order valence-electron chi connectivity index (χ2n) is 5.01. The van der Waals surface area contributed by atoms with Gasteiger partial charge in [-0.3, -0.25) is 9.59 Å². The Morgan fingerprint density at radius 3 is 2.71 bits per heavy atom. The van der Waals surface area contributed by atoms with Gasteiger partial charge in [-0.1, -0.05) is 23.9 Å². The number of nitrogens with one attached hydrogen (secondary N) is 2. The first-order chi connectivity index (χ1) is 11.7. The average Bonchev–Trinajstić information content (AvgIpc) is 2.57. The van der Waals surface area contributed by atoms with Crippen molar-refractivity contribution in [3.8, 4) is 5.75 Å². The van der Waals surface area contributed by atoms with Crippen LogP contribution in [0.15, 0.2) is 64.4 Å². The Morgan fingerprint density at radius 2 is 1.96 bits per heavy atom. The van der Waals surface area contributed by atoms with Gasteiger partial charge >= 0.3 is 0 Å². The number of benzene rings is 2. The average molecular weight is 340 g/mol. The molecule has 1 heterocycles. The molecular weight excluding hydrogens is 324 g/mol. The smallest absolute Gasteiger partial charge is 0.262 e. The Labute approximate surface area is 144 Å². The Kier molecular flexibility index (Phi) is 4.86. The largest absolute Gasteiger partial charge is 0.494 e. The molecule has 1 aliphatic rings. The maximum absolute atomic E-state index is 12.1. The molecular formula is C18H16N2O3S. The first kappa shape index (κ1) is 16.1. The van der Waals surface area contributed by atoms with Crippen LogP contribution in [-0.4, -0.2) is 18.4 Å². The summed E-state index contributed by atoms with van der Waals surface area (Å²) in [7, 11) is 0. The lowest BCUT2D eigenvalue weighted by molar-refractivity contribution is -0.114. The first-order valence-corrected chi connectivity index (χ1v) is 8.31. The maximum Gasteiger partial charge on any atom is 0.262 e. The van der Waals surface area contributed by atoms with Crippen molar-refractivity contribution in [3.63, 3.8) is 0 Å². The number of para-hydroxylation sites is 1. The Morgan fingerprint density at radius 1 is 1.21 bits per heavy atom. The van der Waals surface area contributed by atoms with Crippen LogP contribution >= 0.6 is 11.8 Å². The quantitative estimate of drug-likeness (QED) is 0.834. The number of hydrogen-bond donors (Lipinski definition) is 2. The minimum atomic E-state index is -0.351. The molecule has 0 radical (unpaired) electrons. The van der Waals surface area contributed by atoms with Crippen molar-refractivity contribution in [1.29, 1.82) is 0 Å². The maximum atomic E-state index is 12.1. The van der Waals surface area contributed by atoms with Gasteiger partial charge < -0.3 is 15.4 Å². The molecule has 6 heteroatoms. The summed E-state index contributed by atoms with van der Waals surface area (Å²) < 4.78 is 5.35. The van der Waals surface area contributed by atoms with Crippen LogP contribution in [-0.2, 0) is 9.59 Å². The molecule has 122 valence electrons. The summed E-state index contributed by atoms with van der Waals surface area (Å²) in [4.78, 5) is 25.5. The van der Waals surface area contributed by atoms with Crippen molar-refractivity contribution in [1.82, 2.24) is 0 Å². The number of rotatable bonds is 4. The van der Waals surface area contributed by atoms with Crippen LogP contribution in [0.2, 0.25) is 0 Å². The zero-order chi connectivity index (χ0) is 16.9. The zero-order valence-corrected chi connectivity index (χ0v) is 13.9. The molecule has 0 saturated carbocycles. The highest BCUT2D eigenvalue weighted by atomic mass is 32.2. The van der Waals surface area contributed by atoms with E-state index in [1.54, 1.807) is 24.3 Å². The second kappa shape index (κ2) is 7.23. The Hall–Kier alpha value is -2.73. The van der Waals surface area contributed by atoms with E-state index in [9.17, 15) is 9.59 Å². The summed E-state index contributed by atoms with van der Waals surface area (Å²) >= 11 is 1.28. The van der Waals surface area contributed by atoms with Crippen molar-refractivity contribution >= 4 is 35.0 Å². The zero-order valence-electron chi connectivity index (χ0n) is 13.0. The highest BCUT2D eigenvalue weighted by molar-refractivity contribution is 8.04. The fourth-order valence-electron chi connectivity index (χ4n) is 2.20. The molecule has 0 spiro atoms. The van der Waals surface area contributed by atoms with Crippen LogP contribution in [0, 0.1) is 0 Å². The first-order valence-electron chi connectivity index (χ1n) is 7.49. The van der Waals surface area contributed by atoms with Gasteiger partial charge in [0, 0.05) is 16.7 Å². The van der Waals surface area contributed by atoms with Crippen molar-refractivity contribution in [2.24, 2.45) is 0 Å².